The molecule has 0 unspecified atom stereocenters. The summed E-state index contributed by atoms with van der Waals surface area (Å²) >= 11 is 5.93. The SMILES string of the molecule is CCS(=O)(=O)N(c1cc(NC(=O)CF)ccc1Cl)S(=O)(=O)CC. The van der Waals surface area contributed by atoms with Crippen LogP contribution in [0.4, 0.5) is 15.8 Å². The summed E-state index contributed by atoms with van der Waals surface area (Å²) in [6, 6.07) is 3.58. The van der Waals surface area contributed by atoms with Gasteiger partial charge < -0.3 is 5.32 Å². The molecule has 0 aliphatic rings. The van der Waals surface area contributed by atoms with Crippen LogP contribution >= 0.6 is 11.6 Å². The highest BCUT2D eigenvalue weighted by Crippen LogP contribution is 2.33. The topological polar surface area (TPSA) is 101 Å². The third-order valence-corrected chi connectivity index (χ3v) is 7.33. The fraction of sp³-hybridized carbons (Fsp3) is 0.417. The molecular weight excluding hydrogens is 371 g/mol. The Balaban J connectivity index is 3.54. The number of nitrogens with zero attached hydrogens (tertiary/aromatic N) is 1. The first-order chi connectivity index (χ1) is 10.6. The van der Waals surface area contributed by atoms with Gasteiger partial charge in [-0.2, -0.15) is 3.71 Å². The van der Waals surface area contributed by atoms with Gasteiger partial charge in [0.1, 0.15) is 0 Å². The van der Waals surface area contributed by atoms with Crippen LogP contribution in [0, 0.1) is 0 Å². The summed E-state index contributed by atoms with van der Waals surface area (Å²) in [5.74, 6) is -1.89. The predicted octanol–water partition coefficient (Wildman–Crippen LogP) is 1.75. The molecule has 1 rings (SSSR count). The van der Waals surface area contributed by atoms with Gasteiger partial charge in [0.2, 0.25) is 20.0 Å². The van der Waals surface area contributed by atoms with Crippen molar-refractivity contribution in [1.82, 2.24) is 0 Å². The Morgan fingerprint density at radius 3 is 2.13 bits per heavy atom. The van der Waals surface area contributed by atoms with Gasteiger partial charge in [-0.25, -0.2) is 21.2 Å². The number of carbonyl (C=O) groups excluding carboxylic acids is 1. The van der Waals surface area contributed by atoms with E-state index in [1.807, 2.05) is 0 Å². The van der Waals surface area contributed by atoms with Crippen LogP contribution in [0.1, 0.15) is 13.8 Å². The number of nitrogens with one attached hydrogen (secondary N) is 1. The highest BCUT2D eigenvalue weighted by molar-refractivity contribution is 8.10. The summed E-state index contributed by atoms with van der Waals surface area (Å²) < 4.78 is 61.3. The lowest BCUT2D eigenvalue weighted by atomic mass is 10.3. The van der Waals surface area contributed by atoms with Gasteiger partial charge in [-0.05, 0) is 32.0 Å². The molecular formula is C12H16ClFN2O5S2. The van der Waals surface area contributed by atoms with Crippen molar-refractivity contribution in [3.63, 3.8) is 0 Å². The van der Waals surface area contributed by atoms with E-state index in [-0.39, 0.29) is 20.1 Å². The van der Waals surface area contributed by atoms with E-state index in [4.69, 9.17) is 11.6 Å². The van der Waals surface area contributed by atoms with E-state index in [0.29, 0.717) is 0 Å². The number of hydrogen-bond acceptors (Lipinski definition) is 5. The van der Waals surface area contributed by atoms with Crippen molar-refractivity contribution < 1.29 is 26.0 Å². The van der Waals surface area contributed by atoms with E-state index >= 15 is 0 Å². The van der Waals surface area contributed by atoms with Gasteiger partial charge >= 0.3 is 0 Å². The Morgan fingerprint density at radius 1 is 1.17 bits per heavy atom. The summed E-state index contributed by atoms with van der Waals surface area (Å²) in [6.45, 7) is 1.30. The quantitative estimate of drug-likeness (QED) is 0.769. The predicted molar refractivity (Wildman–Crippen MR) is 87.5 cm³/mol. The molecule has 0 aromatic heterocycles. The molecule has 0 spiro atoms. The molecule has 0 aliphatic heterocycles. The van der Waals surface area contributed by atoms with Crippen molar-refractivity contribution in [1.29, 1.82) is 0 Å². The minimum Gasteiger partial charge on any atom is -0.324 e. The molecule has 0 saturated heterocycles. The minimum absolute atomic E-state index is 0.0228. The van der Waals surface area contributed by atoms with Crippen molar-refractivity contribution in [3.05, 3.63) is 23.2 Å². The summed E-state index contributed by atoms with van der Waals surface area (Å²) in [5.41, 5.74) is -0.304. The molecule has 0 atom stereocenters. The largest absolute Gasteiger partial charge is 0.324 e. The molecule has 23 heavy (non-hydrogen) atoms. The maximum Gasteiger partial charge on any atom is 0.255 e. The van der Waals surface area contributed by atoms with E-state index in [1.165, 1.54) is 26.0 Å². The second kappa shape index (κ2) is 7.45. The number of alkyl halides is 1. The van der Waals surface area contributed by atoms with Crippen LogP contribution in [0.25, 0.3) is 0 Å². The zero-order valence-electron chi connectivity index (χ0n) is 12.4. The molecule has 0 aliphatic carbocycles. The first-order valence-corrected chi connectivity index (χ1v) is 10.1. The third-order valence-electron chi connectivity index (χ3n) is 2.78. The Hall–Kier alpha value is -1.39. The van der Waals surface area contributed by atoms with Crippen LogP contribution in [0.5, 0.6) is 0 Å². The first-order valence-electron chi connectivity index (χ1n) is 6.50. The second-order valence-electron chi connectivity index (χ2n) is 4.35. The number of amides is 1. The number of rotatable bonds is 7. The fourth-order valence-electron chi connectivity index (χ4n) is 1.63. The van der Waals surface area contributed by atoms with Gasteiger partial charge in [-0.15, -0.1) is 0 Å². The molecule has 0 fully saturated rings. The van der Waals surface area contributed by atoms with Crippen LogP contribution in [-0.4, -0.2) is 40.9 Å². The molecule has 0 radical (unpaired) electrons. The summed E-state index contributed by atoms with van der Waals surface area (Å²) in [5, 5.41) is 2.02. The smallest absolute Gasteiger partial charge is 0.255 e. The molecule has 0 heterocycles. The second-order valence-corrected chi connectivity index (χ2v) is 9.20. The average Bonchev–Trinajstić information content (AvgIpc) is 2.50. The van der Waals surface area contributed by atoms with Gasteiger partial charge in [0, 0.05) is 5.69 Å². The summed E-state index contributed by atoms with van der Waals surface area (Å²) in [7, 11) is -8.36. The third kappa shape index (κ3) is 4.55. The number of anilines is 2. The van der Waals surface area contributed by atoms with E-state index in [1.54, 1.807) is 0 Å². The fourth-order valence-corrected chi connectivity index (χ4v) is 5.32. The highest BCUT2D eigenvalue weighted by atomic mass is 35.5. The van der Waals surface area contributed by atoms with E-state index in [0.717, 1.165) is 6.07 Å². The molecule has 0 bridgehead atoms. The normalized spacial score (nSPS) is 12.0. The van der Waals surface area contributed by atoms with Crippen LogP contribution < -0.4 is 9.03 Å². The van der Waals surface area contributed by atoms with Gasteiger partial charge in [0.25, 0.3) is 5.91 Å². The zero-order valence-corrected chi connectivity index (χ0v) is 14.8. The van der Waals surface area contributed by atoms with Crippen molar-refractivity contribution in [3.8, 4) is 0 Å². The van der Waals surface area contributed by atoms with Crippen molar-refractivity contribution >= 4 is 48.9 Å². The summed E-state index contributed by atoms with van der Waals surface area (Å²) in [4.78, 5) is 11.1. The molecule has 7 nitrogen and oxygen atoms in total. The number of carbonyl (C=O) groups is 1. The van der Waals surface area contributed by atoms with Crippen molar-refractivity contribution in [2.75, 3.05) is 27.2 Å². The van der Waals surface area contributed by atoms with Gasteiger partial charge in [0.05, 0.1) is 22.2 Å². The molecule has 1 amide bonds. The van der Waals surface area contributed by atoms with Crippen LogP contribution in [0.3, 0.4) is 0 Å². The zero-order chi connectivity index (χ0) is 17.8. The molecule has 0 saturated carbocycles. The Morgan fingerprint density at radius 2 is 1.70 bits per heavy atom. The number of halogens is 2. The molecule has 130 valence electrons. The standard InChI is InChI=1S/C12H16ClFN2O5S2/c1-3-22(18,19)16(23(20,21)4-2)11-7-9(5-6-10(11)13)15-12(17)8-14/h5-7H,3-4,8H2,1-2H3,(H,15,17). The monoisotopic (exact) mass is 386 g/mol. The maximum absolute atomic E-state index is 12.3. The van der Waals surface area contributed by atoms with Crippen LogP contribution in [0.15, 0.2) is 18.2 Å². The van der Waals surface area contributed by atoms with Gasteiger partial charge in [-0.1, -0.05) is 11.6 Å². The van der Waals surface area contributed by atoms with E-state index < -0.39 is 44.1 Å². The lowest BCUT2D eigenvalue weighted by molar-refractivity contribution is -0.117. The molecule has 1 N–H and O–H groups in total. The van der Waals surface area contributed by atoms with Crippen LogP contribution in [-0.2, 0) is 24.8 Å². The average molecular weight is 387 g/mol. The lowest BCUT2D eigenvalue weighted by Gasteiger charge is -2.24. The molecule has 1 aromatic rings. The number of benzene rings is 1. The maximum atomic E-state index is 12.3. The van der Waals surface area contributed by atoms with Crippen LogP contribution in [0.2, 0.25) is 5.02 Å². The van der Waals surface area contributed by atoms with E-state index in [9.17, 15) is 26.0 Å². The molecule has 11 heteroatoms. The number of hydrogen-bond donors (Lipinski definition) is 1. The molecule has 1 aromatic carbocycles. The van der Waals surface area contributed by atoms with E-state index in [2.05, 4.69) is 5.32 Å². The Kier molecular flexibility index (Phi) is 6.37. The Labute approximate surface area is 139 Å². The van der Waals surface area contributed by atoms with Crippen molar-refractivity contribution in [2.45, 2.75) is 13.8 Å². The van der Waals surface area contributed by atoms with Crippen molar-refractivity contribution in [2.24, 2.45) is 0 Å². The van der Waals surface area contributed by atoms with Gasteiger partial charge in [0.15, 0.2) is 6.67 Å². The van der Waals surface area contributed by atoms with Gasteiger partial charge in [-0.3, -0.25) is 4.79 Å². The Bertz CT molecular complexity index is 762. The summed E-state index contributed by atoms with van der Waals surface area (Å²) in [6.07, 6.45) is 0. The minimum atomic E-state index is -4.18. The lowest BCUT2D eigenvalue weighted by Crippen LogP contribution is -2.39. The highest BCUT2D eigenvalue weighted by Gasteiger charge is 2.33. The number of sulfonamides is 2. The first kappa shape index (κ1) is 19.7.